The quantitative estimate of drug-likeness (QED) is 0.174. The molecule has 3 heterocycles. The van der Waals surface area contributed by atoms with Crippen molar-refractivity contribution in [2.24, 2.45) is 0 Å². The van der Waals surface area contributed by atoms with Gasteiger partial charge in [-0.05, 0) is 46.3 Å². The minimum atomic E-state index is 0.706. The lowest BCUT2D eigenvalue weighted by atomic mass is 9.97. The molecule has 0 unspecified atom stereocenters. The monoisotopic (exact) mass is 649 g/mol. The fourth-order valence-electron chi connectivity index (χ4n) is 7.60. The van der Waals surface area contributed by atoms with E-state index in [1.165, 1.54) is 60.3 Å². The molecule has 0 bridgehead atoms. The van der Waals surface area contributed by atoms with Crippen LogP contribution in [0.3, 0.4) is 0 Å². The Morgan fingerprint density at radius 1 is 0.314 bits per heavy atom. The van der Waals surface area contributed by atoms with Crippen molar-refractivity contribution in [1.82, 2.24) is 14.4 Å². The summed E-state index contributed by atoms with van der Waals surface area (Å²) < 4.78 is 2.47. The summed E-state index contributed by atoms with van der Waals surface area (Å²) in [6, 6.07) is 66.7. The normalized spacial score (nSPS) is 11.5. The van der Waals surface area contributed by atoms with Gasteiger partial charge in [0, 0.05) is 38.4 Å². The summed E-state index contributed by atoms with van der Waals surface area (Å²) in [6.07, 6.45) is 0. The van der Waals surface area contributed by atoms with Crippen molar-refractivity contribution in [3.63, 3.8) is 0 Å². The van der Waals surface area contributed by atoms with E-state index in [0.29, 0.717) is 5.82 Å². The molecule has 238 valence electrons. The van der Waals surface area contributed by atoms with Crippen LogP contribution < -0.4 is 0 Å². The van der Waals surface area contributed by atoms with Crippen LogP contribution in [0.25, 0.3) is 94.3 Å². The fraction of sp³-hybridized carbons (Fsp3) is 0. The second kappa shape index (κ2) is 11.9. The topological polar surface area (TPSA) is 30.2 Å². The maximum Gasteiger partial charge on any atom is 0.160 e. The Morgan fingerprint density at radius 2 is 0.843 bits per heavy atom. The number of benzene rings is 7. The van der Waals surface area contributed by atoms with Gasteiger partial charge in [-0.25, -0.2) is 9.97 Å². The Kier molecular flexibility index (Phi) is 6.81. The summed E-state index contributed by atoms with van der Waals surface area (Å²) in [5.41, 5.74) is 13.3. The van der Waals surface area contributed by atoms with Gasteiger partial charge in [0.2, 0.25) is 0 Å². The summed E-state index contributed by atoms with van der Waals surface area (Å²) in [6.45, 7) is 0. The highest BCUT2D eigenvalue weighted by Gasteiger charge is 2.21. The van der Waals surface area contributed by atoms with Crippen molar-refractivity contribution in [1.29, 1.82) is 0 Å². The molecule has 0 N–H and O–H groups in total. The highest BCUT2D eigenvalue weighted by molar-refractivity contribution is 6.22. The van der Waals surface area contributed by atoms with Crippen molar-refractivity contribution in [2.45, 2.75) is 0 Å². The number of rotatable bonds is 5. The average molecular weight is 650 g/mol. The van der Waals surface area contributed by atoms with Gasteiger partial charge in [0.25, 0.3) is 0 Å². The molecule has 0 aliphatic carbocycles. The molecular formula is C48H31N3. The zero-order valence-electron chi connectivity index (χ0n) is 27.7. The van der Waals surface area contributed by atoms with Gasteiger partial charge in [-0.2, -0.15) is 0 Å². The van der Waals surface area contributed by atoms with Crippen LogP contribution in [-0.4, -0.2) is 14.4 Å². The highest BCUT2D eigenvalue weighted by atomic mass is 14.9. The lowest BCUT2D eigenvalue weighted by Gasteiger charge is -2.14. The van der Waals surface area contributed by atoms with Gasteiger partial charge in [-0.15, -0.1) is 0 Å². The lowest BCUT2D eigenvalue weighted by molar-refractivity contribution is 1.18. The predicted octanol–water partition coefficient (Wildman–Crippen LogP) is 12.5. The second-order valence-electron chi connectivity index (χ2n) is 13.0. The summed E-state index contributed by atoms with van der Waals surface area (Å²) >= 11 is 0. The molecule has 0 saturated heterocycles. The molecular weight excluding hydrogens is 619 g/mol. The molecule has 0 aliphatic heterocycles. The molecule has 7 aromatic carbocycles. The van der Waals surface area contributed by atoms with Crippen LogP contribution in [-0.2, 0) is 0 Å². The zero-order valence-corrected chi connectivity index (χ0v) is 27.7. The third-order valence-corrected chi connectivity index (χ3v) is 9.97. The molecule has 3 nitrogen and oxygen atoms in total. The molecule has 10 rings (SSSR count). The smallest absolute Gasteiger partial charge is 0.160 e. The number of hydrogen-bond donors (Lipinski definition) is 0. The van der Waals surface area contributed by atoms with Gasteiger partial charge in [0.1, 0.15) is 0 Å². The van der Waals surface area contributed by atoms with Crippen LogP contribution in [0.5, 0.6) is 0 Å². The van der Waals surface area contributed by atoms with Crippen molar-refractivity contribution in [3.05, 3.63) is 188 Å². The van der Waals surface area contributed by atoms with Crippen LogP contribution in [0.1, 0.15) is 0 Å². The molecule has 0 spiro atoms. The van der Waals surface area contributed by atoms with Crippen molar-refractivity contribution in [2.75, 3.05) is 0 Å². The minimum Gasteiger partial charge on any atom is -0.308 e. The van der Waals surface area contributed by atoms with Crippen molar-refractivity contribution < 1.29 is 0 Å². The molecule has 3 heteroatoms. The van der Waals surface area contributed by atoms with E-state index in [2.05, 4.69) is 180 Å². The van der Waals surface area contributed by atoms with Crippen LogP contribution in [0.15, 0.2) is 188 Å². The Bertz CT molecular complexity index is 2820. The summed E-state index contributed by atoms with van der Waals surface area (Å²) in [5.74, 6) is 0.706. The Labute approximate surface area is 295 Å². The predicted molar refractivity (Wildman–Crippen MR) is 213 cm³/mol. The first kappa shape index (κ1) is 29.1. The third kappa shape index (κ3) is 4.90. The van der Waals surface area contributed by atoms with E-state index in [4.69, 9.17) is 9.97 Å². The van der Waals surface area contributed by atoms with Crippen LogP contribution in [0.4, 0.5) is 0 Å². The maximum atomic E-state index is 5.17. The molecule has 0 atom stereocenters. The lowest BCUT2D eigenvalue weighted by Crippen LogP contribution is -1.97. The molecule has 0 aliphatic rings. The standard InChI is InChI=1S/C48H31N3/c1-5-15-32(16-6-1)36-25-28-40-45(30-36)51-44-24-14-13-23-38(44)41-29-37(26-27-39(41)47(51)46(40)35-21-11-4-12-22-35)48-49-42(33-17-7-2-8-18-33)31-43(50-48)34-19-9-3-10-20-34/h1-31H. The van der Waals surface area contributed by atoms with E-state index in [1.807, 2.05) is 12.1 Å². The van der Waals surface area contributed by atoms with Gasteiger partial charge >= 0.3 is 0 Å². The number of nitrogens with zero attached hydrogens (tertiary/aromatic N) is 3. The number of para-hydroxylation sites is 1. The van der Waals surface area contributed by atoms with Crippen molar-refractivity contribution in [3.8, 4) is 56.2 Å². The summed E-state index contributed by atoms with van der Waals surface area (Å²) in [7, 11) is 0. The van der Waals surface area contributed by atoms with Crippen LogP contribution >= 0.6 is 0 Å². The minimum absolute atomic E-state index is 0.706. The van der Waals surface area contributed by atoms with E-state index in [1.54, 1.807) is 0 Å². The maximum absolute atomic E-state index is 5.17. The number of aromatic nitrogens is 3. The summed E-state index contributed by atoms with van der Waals surface area (Å²) in [4.78, 5) is 10.3. The number of pyridine rings is 1. The van der Waals surface area contributed by atoms with E-state index in [0.717, 1.165) is 28.1 Å². The van der Waals surface area contributed by atoms with Gasteiger partial charge in [0.05, 0.1) is 27.9 Å². The van der Waals surface area contributed by atoms with E-state index in [9.17, 15) is 0 Å². The SMILES string of the molecule is c1ccc(-c2ccc3c(-c4ccccc4)c4c5ccc(-c6nc(-c7ccccc7)cc(-c7ccccc7)n6)cc5c5ccccc5n4c3c2)cc1. The fourth-order valence-corrected chi connectivity index (χ4v) is 7.60. The number of hydrogen-bond acceptors (Lipinski definition) is 2. The van der Waals surface area contributed by atoms with Gasteiger partial charge in [-0.3, -0.25) is 0 Å². The molecule has 3 aromatic heterocycles. The van der Waals surface area contributed by atoms with E-state index < -0.39 is 0 Å². The largest absolute Gasteiger partial charge is 0.308 e. The van der Waals surface area contributed by atoms with Gasteiger partial charge in [-0.1, -0.05) is 164 Å². The van der Waals surface area contributed by atoms with Crippen molar-refractivity contribution >= 4 is 38.1 Å². The first-order valence-corrected chi connectivity index (χ1v) is 17.3. The first-order valence-electron chi connectivity index (χ1n) is 17.3. The molecule has 10 aromatic rings. The Hall–Kier alpha value is -6.84. The van der Waals surface area contributed by atoms with Gasteiger partial charge in [0.15, 0.2) is 5.82 Å². The third-order valence-electron chi connectivity index (χ3n) is 9.97. The molecule has 0 saturated carbocycles. The molecule has 0 amide bonds. The molecule has 0 fully saturated rings. The second-order valence-corrected chi connectivity index (χ2v) is 13.0. The summed E-state index contributed by atoms with van der Waals surface area (Å²) in [5, 5.41) is 4.78. The van der Waals surface area contributed by atoms with E-state index >= 15 is 0 Å². The van der Waals surface area contributed by atoms with Crippen LogP contribution in [0, 0.1) is 0 Å². The Balaban J connectivity index is 1.28. The molecule has 0 radical (unpaired) electrons. The zero-order chi connectivity index (χ0) is 33.7. The average Bonchev–Trinajstić information content (AvgIpc) is 3.57. The van der Waals surface area contributed by atoms with E-state index in [-0.39, 0.29) is 0 Å². The number of fused-ring (bicyclic) bond motifs is 8. The first-order chi connectivity index (χ1) is 25.3. The Morgan fingerprint density at radius 3 is 1.49 bits per heavy atom. The van der Waals surface area contributed by atoms with Crippen LogP contribution in [0.2, 0.25) is 0 Å². The highest BCUT2D eigenvalue weighted by Crippen LogP contribution is 2.44. The molecule has 51 heavy (non-hydrogen) atoms. The van der Waals surface area contributed by atoms with Gasteiger partial charge < -0.3 is 4.40 Å².